The molecule has 0 N–H and O–H groups in total. The number of carbonyl (C=O) groups excluding carboxylic acids is 1. The molecule has 4 nitrogen and oxygen atoms in total. The van der Waals surface area contributed by atoms with Crippen molar-refractivity contribution in [2.45, 2.75) is 12.8 Å². The van der Waals surface area contributed by atoms with E-state index in [2.05, 4.69) is 41.1 Å². The molecule has 0 saturated carbocycles. The van der Waals surface area contributed by atoms with E-state index in [-0.39, 0.29) is 5.97 Å². The number of fused-ring (bicyclic) bond motifs is 2. The van der Waals surface area contributed by atoms with E-state index in [0.717, 1.165) is 41.6 Å². The van der Waals surface area contributed by atoms with E-state index in [1.165, 1.54) is 7.11 Å². The number of pyridine rings is 1. The summed E-state index contributed by atoms with van der Waals surface area (Å²) in [4.78, 5) is 15.9. The van der Waals surface area contributed by atoms with Crippen LogP contribution >= 0.6 is 36.1 Å². The van der Waals surface area contributed by atoms with Crippen LogP contribution in [0.3, 0.4) is 0 Å². The third kappa shape index (κ3) is 4.85. The Kier molecular flexibility index (Phi) is 7.18. The van der Waals surface area contributed by atoms with Crippen molar-refractivity contribution < 1.29 is 27.4 Å². The van der Waals surface area contributed by atoms with E-state index >= 15 is 0 Å². The van der Waals surface area contributed by atoms with E-state index in [4.69, 9.17) is 9.47 Å². The average Bonchev–Trinajstić information content (AvgIpc) is 2.73. The monoisotopic (exact) mass is 466 g/mol. The van der Waals surface area contributed by atoms with Crippen molar-refractivity contribution in [2.75, 3.05) is 7.11 Å². The Labute approximate surface area is 157 Å². The van der Waals surface area contributed by atoms with E-state index in [9.17, 15) is 4.79 Å². The van der Waals surface area contributed by atoms with Crippen LogP contribution < -0.4 is 4.74 Å². The quantitative estimate of drug-likeness (QED) is 0.441. The molecule has 0 aliphatic carbocycles. The van der Waals surface area contributed by atoms with Gasteiger partial charge in [0, 0.05) is 16.2 Å². The maximum absolute atomic E-state index is 11.6. The van der Waals surface area contributed by atoms with Gasteiger partial charge in [-0.25, -0.2) is 9.78 Å². The van der Waals surface area contributed by atoms with Crippen molar-refractivity contribution in [1.82, 2.24) is 4.98 Å². The summed E-state index contributed by atoms with van der Waals surface area (Å²) in [5.41, 5.74) is 2.59. The fourth-order valence-electron chi connectivity index (χ4n) is 2.21. The second kappa shape index (κ2) is 8.90. The second-order valence-electron chi connectivity index (χ2n) is 4.58. The van der Waals surface area contributed by atoms with Gasteiger partial charge in [-0.1, -0.05) is 6.07 Å². The third-order valence-corrected chi connectivity index (χ3v) is 3.68. The molecule has 1 aromatic heterocycles. The zero-order valence-electron chi connectivity index (χ0n) is 11.9. The van der Waals surface area contributed by atoms with Gasteiger partial charge in [0.25, 0.3) is 0 Å². The number of aryl methyl sites for hydroxylation is 2. The first-order valence-corrected chi connectivity index (χ1v) is 9.82. The standard InChI is InChI=1S/C15H12BrNO3.2ClH.Cu/c1-19-15(18)11-5-3-9-2-4-10-6-12(16)8-17-14(10)20-13(9)7-11;;;/h3,5-8H,2,4H2,1H3;2*1H;/q;;;+2/p-2. The molecular weight excluding hydrogens is 457 g/mol. The van der Waals surface area contributed by atoms with Crippen LogP contribution in [-0.2, 0) is 30.7 Å². The summed E-state index contributed by atoms with van der Waals surface area (Å²) < 4.78 is 11.5. The van der Waals surface area contributed by atoms with Crippen LogP contribution in [0.15, 0.2) is 34.9 Å². The number of ether oxygens (including phenoxy) is 2. The maximum atomic E-state index is 11.6. The van der Waals surface area contributed by atoms with Crippen LogP contribution in [0, 0.1) is 0 Å². The summed E-state index contributed by atoms with van der Waals surface area (Å²) in [5, 5.41) is 0. The molecule has 23 heavy (non-hydrogen) atoms. The van der Waals surface area contributed by atoms with E-state index in [0.29, 0.717) is 17.2 Å². The van der Waals surface area contributed by atoms with Crippen molar-refractivity contribution in [3.8, 4) is 11.6 Å². The molecule has 0 bridgehead atoms. The number of halogens is 3. The van der Waals surface area contributed by atoms with Crippen molar-refractivity contribution in [3.63, 3.8) is 0 Å². The van der Waals surface area contributed by atoms with Crippen molar-refractivity contribution in [3.05, 3.63) is 51.6 Å². The second-order valence-corrected chi connectivity index (χ2v) is 7.05. The van der Waals surface area contributed by atoms with Gasteiger partial charge in [-0.05, 0) is 52.5 Å². The van der Waals surface area contributed by atoms with Crippen LogP contribution in [0.5, 0.6) is 11.6 Å². The Balaban J connectivity index is 0.000000595. The summed E-state index contributed by atoms with van der Waals surface area (Å²) in [6.45, 7) is 0. The number of rotatable bonds is 1. The number of esters is 1. The topological polar surface area (TPSA) is 48.4 Å². The number of carbonyl (C=O) groups is 1. The number of hydrogen-bond acceptors (Lipinski definition) is 4. The van der Waals surface area contributed by atoms with Crippen molar-refractivity contribution in [2.24, 2.45) is 0 Å². The van der Waals surface area contributed by atoms with E-state index < -0.39 is 0 Å². The van der Waals surface area contributed by atoms with Gasteiger partial charge in [-0.3, -0.25) is 0 Å². The van der Waals surface area contributed by atoms with Crippen molar-refractivity contribution in [1.29, 1.82) is 0 Å². The van der Waals surface area contributed by atoms with E-state index in [1.807, 2.05) is 12.1 Å². The number of benzene rings is 1. The molecule has 0 saturated heterocycles. The van der Waals surface area contributed by atoms with Crippen LogP contribution in [0.1, 0.15) is 21.5 Å². The molecule has 127 valence electrons. The predicted molar refractivity (Wildman–Crippen MR) is 88.9 cm³/mol. The zero-order valence-corrected chi connectivity index (χ0v) is 15.9. The average molecular weight is 469 g/mol. The SMILES string of the molecule is COC(=O)c1ccc2c(c1)Oc1ncc(Br)cc1CC2.[Cl][Cu][Cl]. The Hall–Kier alpha value is -0.781. The molecule has 3 rings (SSSR count). The summed E-state index contributed by atoms with van der Waals surface area (Å²) in [6, 6.07) is 7.38. The molecule has 8 heteroatoms. The molecular formula is C15H12BrCl2CuNO3. The Morgan fingerprint density at radius 1 is 1.30 bits per heavy atom. The first-order valence-electron chi connectivity index (χ1n) is 6.43. The molecule has 2 aromatic rings. The van der Waals surface area contributed by atoms with Crippen LogP contribution in [0.2, 0.25) is 0 Å². The number of aromatic nitrogens is 1. The molecule has 1 aliphatic heterocycles. The van der Waals surface area contributed by atoms with Crippen molar-refractivity contribution >= 4 is 42.1 Å². The molecule has 2 heterocycles. The van der Waals surface area contributed by atoms with Gasteiger partial charge in [0.15, 0.2) is 0 Å². The summed E-state index contributed by atoms with van der Waals surface area (Å²) in [7, 11) is 10.7. The summed E-state index contributed by atoms with van der Waals surface area (Å²) in [6.07, 6.45) is 3.41. The molecule has 0 radical (unpaired) electrons. The van der Waals surface area contributed by atoms with E-state index in [1.54, 1.807) is 18.3 Å². The fourth-order valence-corrected chi connectivity index (χ4v) is 2.59. The summed E-state index contributed by atoms with van der Waals surface area (Å²) >= 11 is 4.17. The number of hydrogen-bond donors (Lipinski definition) is 0. The van der Waals surface area contributed by atoms with Crippen LogP contribution in [0.4, 0.5) is 0 Å². The van der Waals surface area contributed by atoms with Crippen LogP contribution in [0.25, 0.3) is 0 Å². The Bertz CT molecular complexity index is 715. The third-order valence-electron chi connectivity index (χ3n) is 3.25. The van der Waals surface area contributed by atoms with Gasteiger partial charge in [0.1, 0.15) is 5.75 Å². The first-order chi connectivity index (χ1) is 11.1. The first kappa shape index (κ1) is 18.6. The summed E-state index contributed by atoms with van der Waals surface area (Å²) in [5.74, 6) is 0.889. The van der Waals surface area contributed by atoms with Gasteiger partial charge in [0.05, 0.1) is 12.7 Å². The molecule has 0 spiro atoms. The molecule has 0 atom stereocenters. The van der Waals surface area contributed by atoms with Gasteiger partial charge < -0.3 is 9.47 Å². The number of nitrogens with zero attached hydrogens (tertiary/aromatic N) is 1. The minimum atomic E-state index is -0.371. The van der Waals surface area contributed by atoms with Gasteiger partial charge in [-0.2, -0.15) is 0 Å². The molecule has 0 fully saturated rings. The van der Waals surface area contributed by atoms with Gasteiger partial charge >= 0.3 is 39.3 Å². The normalized spacial score (nSPS) is 12.0. The molecule has 1 aliphatic rings. The Morgan fingerprint density at radius 2 is 2.00 bits per heavy atom. The van der Waals surface area contributed by atoms with Gasteiger partial charge in [-0.15, -0.1) is 0 Å². The van der Waals surface area contributed by atoms with Crippen LogP contribution in [-0.4, -0.2) is 18.1 Å². The molecule has 1 aromatic carbocycles. The number of methoxy groups -OCH3 is 1. The molecule has 0 unspecified atom stereocenters. The Morgan fingerprint density at radius 3 is 2.70 bits per heavy atom. The predicted octanol–water partition coefficient (Wildman–Crippen LogP) is 4.90. The minimum absolute atomic E-state index is 0.371. The van der Waals surface area contributed by atoms with Gasteiger partial charge in [0.2, 0.25) is 5.88 Å². The molecule has 0 amide bonds. The fraction of sp³-hybridized carbons (Fsp3) is 0.200. The zero-order chi connectivity index (χ0) is 16.8.